The van der Waals surface area contributed by atoms with Crippen molar-refractivity contribution in [1.29, 1.82) is 0 Å². The molecule has 0 aliphatic rings. The van der Waals surface area contributed by atoms with Crippen molar-refractivity contribution in [2.24, 2.45) is 0 Å². The standard InChI is InChI=1S/C10H10ClN3O2S/c1-3-16-9(15)8-6-4-7(11)13-10(17-2)14(6)5-12-8/h4-5H,3H2,1-2H3. The Hall–Kier alpha value is -1.27. The number of halogens is 1. The average molecular weight is 272 g/mol. The van der Waals surface area contributed by atoms with Crippen molar-refractivity contribution in [1.82, 2.24) is 14.4 Å². The smallest absolute Gasteiger partial charge is 0.359 e. The largest absolute Gasteiger partial charge is 0.461 e. The van der Waals surface area contributed by atoms with Gasteiger partial charge in [-0.25, -0.2) is 14.8 Å². The van der Waals surface area contributed by atoms with Crippen LogP contribution in [0, 0.1) is 0 Å². The zero-order chi connectivity index (χ0) is 12.4. The molecule has 0 saturated heterocycles. The molecule has 2 aromatic heterocycles. The SMILES string of the molecule is CCOC(=O)c1ncn2c(SC)nc(Cl)cc12. The fourth-order valence-electron chi connectivity index (χ4n) is 1.44. The van der Waals surface area contributed by atoms with Crippen molar-refractivity contribution in [3.8, 4) is 0 Å². The van der Waals surface area contributed by atoms with Gasteiger partial charge in [0, 0.05) is 6.07 Å². The third kappa shape index (κ3) is 2.23. The molecule has 5 nitrogen and oxygen atoms in total. The minimum absolute atomic E-state index is 0.256. The number of carbonyl (C=O) groups excluding carboxylic acids is 1. The lowest BCUT2D eigenvalue weighted by molar-refractivity contribution is 0.0522. The van der Waals surface area contributed by atoms with Gasteiger partial charge < -0.3 is 4.74 Å². The number of esters is 1. The molecule has 0 aliphatic carbocycles. The molecule has 90 valence electrons. The third-order valence-electron chi connectivity index (χ3n) is 2.12. The van der Waals surface area contributed by atoms with Crippen LogP contribution in [0.2, 0.25) is 5.15 Å². The molecule has 0 saturated carbocycles. The van der Waals surface area contributed by atoms with Gasteiger partial charge in [-0.05, 0) is 13.2 Å². The number of fused-ring (bicyclic) bond motifs is 1. The molecule has 2 rings (SSSR count). The first kappa shape index (κ1) is 12.2. The normalized spacial score (nSPS) is 10.8. The van der Waals surface area contributed by atoms with Crippen LogP contribution in [0.15, 0.2) is 17.6 Å². The van der Waals surface area contributed by atoms with Gasteiger partial charge in [0.1, 0.15) is 11.5 Å². The zero-order valence-electron chi connectivity index (χ0n) is 9.31. The molecular formula is C10H10ClN3O2S. The van der Waals surface area contributed by atoms with Crippen LogP contribution in [0.5, 0.6) is 0 Å². The van der Waals surface area contributed by atoms with Crippen LogP contribution in [-0.4, -0.2) is 33.2 Å². The first-order chi connectivity index (χ1) is 8.17. The molecule has 0 bridgehead atoms. The topological polar surface area (TPSA) is 56.5 Å². The summed E-state index contributed by atoms with van der Waals surface area (Å²) in [5.41, 5.74) is 0.860. The van der Waals surface area contributed by atoms with Gasteiger partial charge in [0.15, 0.2) is 10.9 Å². The summed E-state index contributed by atoms with van der Waals surface area (Å²) in [6.45, 7) is 2.06. The number of aromatic nitrogens is 3. The number of nitrogens with zero attached hydrogens (tertiary/aromatic N) is 3. The van der Waals surface area contributed by atoms with Gasteiger partial charge in [-0.15, -0.1) is 0 Å². The first-order valence-corrected chi connectivity index (χ1v) is 6.52. The number of ether oxygens (including phenoxy) is 1. The maximum absolute atomic E-state index is 11.7. The van der Waals surface area contributed by atoms with Crippen molar-refractivity contribution in [2.75, 3.05) is 12.9 Å². The molecule has 0 amide bonds. The van der Waals surface area contributed by atoms with Crippen molar-refractivity contribution in [3.05, 3.63) is 23.2 Å². The first-order valence-electron chi connectivity index (χ1n) is 4.92. The van der Waals surface area contributed by atoms with E-state index in [4.69, 9.17) is 16.3 Å². The molecule has 0 N–H and O–H groups in total. The minimum Gasteiger partial charge on any atom is -0.461 e. The number of carbonyl (C=O) groups is 1. The molecule has 0 aliphatic heterocycles. The van der Waals surface area contributed by atoms with Crippen molar-refractivity contribution in [2.45, 2.75) is 12.1 Å². The van der Waals surface area contributed by atoms with E-state index in [-0.39, 0.29) is 5.69 Å². The second kappa shape index (κ2) is 4.93. The van der Waals surface area contributed by atoms with Crippen LogP contribution in [0.1, 0.15) is 17.4 Å². The number of thioether (sulfide) groups is 1. The number of rotatable bonds is 3. The van der Waals surface area contributed by atoms with Crippen LogP contribution < -0.4 is 0 Å². The molecule has 0 aromatic carbocycles. The Morgan fingerprint density at radius 1 is 1.65 bits per heavy atom. The molecule has 0 radical (unpaired) electrons. The second-order valence-electron chi connectivity index (χ2n) is 3.13. The number of imidazole rings is 1. The Labute approximate surface area is 107 Å². The lowest BCUT2D eigenvalue weighted by Crippen LogP contribution is -2.06. The van der Waals surface area contributed by atoms with E-state index < -0.39 is 5.97 Å². The Kier molecular flexibility index (Phi) is 3.54. The fourth-order valence-corrected chi connectivity index (χ4v) is 2.20. The maximum Gasteiger partial charge on any atom is 0.359 e. The van der Waals surface area contributed by atoms with Crippen molar-refractivity contribution in [3.63, 3.8) is 0 Å². The summed E-state index contributed by atoms with van der Waals surface area (Å²) in [4.78, 5) is 19.8. The van der Waals surface area contributed by atoms with Gasteiger partial charge >= 0.3 is 5.97 Å². The molecule has 2 heterocycles. The van der Waals surface area contributed by atoms with Crippen LogP contribution >= 0.6 is 23.4 Å². The van der Waals surface area contributed by atoms with E-state index in [1.807, 2.05) is 6.26 Å². The van der Waals surface area contributed by atoms with Gasteiger partial charge in [0.05, 0.1) is 12.1 Å². The molecule has 2 aromatic rings. The quantitative estimate of drug-likeness (QED) is 0.371. The highest BCUT2D eigenvalue weighted by molar-refractivity contribution is 7.98. The predicted molar refractivity (Wildman–Crippen MR) is 65.7 cm³/mol. The van der Waals surface area contributed by atoms with Gasteiger partial charge in [0.2, 0.25) is 0 Å². The van der Waals surface area contributed by atoms with Gasteiger partial charge in [-0.2, -0.15) is 0 Å². The summed E-state index contributed by atoms with van der Waals surface area (Å²) in [5.74, 6) is -0.454. The van der Waals surface area contributed by atoms with Crippen LogP contribution in [0.25, 0.3) is 5.52 Å². The van der Waals surface area contributed by atoms with E-state index in [9.17, 15) is 4.79 Å². The van der Waals surface area contributed by atoms with E-state index in [1.165, 1.54) is 18.1 Å². The van der Waals surface area contributed by atoms with Crippen molar-refractivity contribution < 1.29 is 9.53 Å². The average Bonchev–Trinajstić information content (AvgIpc) is 2.71. The van der Waals surface area contributed by atoms with Gasteiger partial charge in [-0.3, -0.25) is 4.40 Å². The summed E-state index contributed by atoms with van der Waals surface area (Å²) in [6, 6.07) is 1.60. The zero-order valence-corrected chi connectivity index (χ0v) is 10.9. The molecule has 0 unspecified atom stereocenters. The number of hydrogen-bond donors (Lipinski definition) is 0. The van der Waals surface area contributed by atoms with E-state index in [2.05, 4.69) is 9.97 Å². The lowest BCUT2D eigenvalue weighted by Gasteiger charge is -2.03. The molecule has 7 heteroatoms. The van der Waals surface area contributed by atoms with Crippen LogP contribution in [-0.2, 0) is 4.74 Å². The maximum atomic E-state index is 11.7. The highest BCUT2D eigenvalue weighted by atomic mass is 35.5. The third-order valence-corrected chi connectivity index (χ3v) is 2.97. The molecule has 0 spiro atoms. The summed E-state index contributed by atoms with van der Waals surface area (Å²) in [5, 5.41) is 1.00. The Bertz CT molecular complexity index is 570. The Balaban J connectivity index is 2.60. The predicted octanol–water partition coefficient (Wildman–Crippen LogP) is 2.28. The van der Waals surface area contributed by atoms with Gasteiger partial charge in [0.25, 0.3) is 0 Å². The second-order valence-corrected chi connectivity index (χ2v) is 4.30. The summed E-state index contributed by atoms with van der Waals surface area (Å²) >= 11 is 7.32. The minimum atomic E-state index is -0.454. The molecule has 0 fully saturated rings. The van der Waals surface area contributed by atoms with E-state index in [0.29, 0.717) is 22.4 Å². The van der Waals surface area contributed by atoms with Gasteiger partial charge in [-0.1, -0.05) is 23.4 Å². The molecule has 0 atom stereocenters. The summed E-state index contributed by atoms with van der Waals surface area (Å²) in [7, 11) is 0. The molecular weight excluding hydrogens is 262 g/mol. The Morgan fingerprint density at radius 3 is 3.06 bits per heavy atom. The number of hydrogen-bond acceptors (Lipinski definition) is 5. The highest BCUT2D eigenvalue weighted by Gasteiger charge is 2.17. The summed E-state index contributed by atoms with van der Waals surface area (Å²) in [6.07, 6.45) is 3.42. The monoisotopic (exact) mass is 271 g/mol. The van der Waals surface area contributed by atoms with E-state index in [0.717, 1.165) is 0 Å². The van der Waals surface area contributed by atoms with Crippen LogP contribution in [0.4, 0.5) is 0 Å². The summed E-state index contributed by atoms with van der Waals surface area (Å²) < 4.78 is 6.63. The Morgan fingerprint density at radius 2 is 2.41 bits per heavy atom. The van der Waals surface area contributed by atoms with Crippen LogP contribution in [0.3, 0.4) is 0 Å². The fraction of sp³-hybridized carbons (Fsp3) is 0.300. The van der Waals surface area contributed by atoms with E-state index in [1.54, 1.807) is 17.4 Å². The lowest BCUT2D eigenvalue weighted by atomic mass is 10.3. The van der Waals surface area contributed by atoms with Crippen molar-refractivity contribution >= 4 is 34.8 Å². The highest BCUT2D eigenvalue weighted by Crippen LogP contribution is 2.21. The van der Waals surface area contributed by atoms with E-state index >= 15 is 0 Å². The molecule has 17 heavy (non-hydrogen) atoms.